The summed E-state index contributed by atoms with van der Waals surface area (Å²) in [5.41, 5.74) is 2.18. The number of aliphatic hydroxyl groups excluding tert-OH is 3. The Morgan fingerprint density at radius 3 is 0.888 bits per heavy atom. The molecule has 0 radical (unpaired) electrons. The fourth-order valence-corrected chi connectivity index (χ4v) is 10.3. The van der Waals surface area contributed by atoms with Crippen LogP contribution in [0.5, 0.6) is 0 Å². The molecule has 0 unspecified atom stereocenters. The number of aliphatic hydroxyl groups is 3. The molecule has 24 heteroatoms. The quantitative estimate of drug-likeness (QED) is 0.0237. The minimum atomic E-state index is -0.255. The van der Waals surface area contributed by atoms with Crippen LogP contribution in [-0.2, 0) is 71.2 Å². The Labute approximate surface area is 596 Å². The number of pyridine rings is 1. The first-order valence-corrected chi connectivity index (χ1v) is 37.5. The summed E-state index contributed by atoms with van der Waals surface area (Å²) in [6.45, 7) is 32.4. The Hall–Kier alpha value is -3.12. The van der Waals surface area contributed by atoms with Crippen LogP contribution in [0.3, 0.4) is 0 Å². The van der Waals surface area contributed by atoms with E-state index in [0.717, 1.165) is 62.7 Å². The maximum atomic E-state index is 11.1. The van der Waals surface area contributed by atoms with Crippen molar-refractivity contribution < 1.29 is 86.5 Å². The van der Waals surface area contributed by atoms with E-state index in [2.05, 4.69) is 52.4 Å². The smallest absolute Gasteiger partial charge is 0.305 e. The van der Waals surface area contributed by atoms with Crippen LogP contribution in [0.15, 0.2) is 18.2 Å². The zero-order valence-electron chi connectivity index (χ0n) is 64.3. The molecule has 0 bridgehead atoms. The fourth-order valence-electron chi connectivity index (χ4n) is 10.3. The number of methoxy groups -OCH3 is 3. The number of esters is 3. The number of carbonyl (C=O) groups is 3. The van der Waals surface area contributed by atoms with E-state index in [1.165, 1.54) is 142 Å². The largest absolute Gasteiger partial charge is 0.464 e. The Kier molecular flexibility index (Phi) is 80.4. The average molecular weight is 1410 g/mol. The van der Waals surface area contributed by atoms with Gasteiger partial charge in [-0.3, -0.25) is 34.1 Å². The van der Waals surface area contributed by atoms with Gasteiger partial charge in [-0.1, -0.05) is 125 Å². The lowest BCUT2D eigenvalue weighted by Crippen LogP contribution is -2.42. The van der Waals surface area contributed by atoms with E-state index in [0.29, 0.717) is 119 Å². The molecule has 24 nitrogen and oxygen atoms in total. The van der Waals surface area contributed by atoms with Crippen molar-refractivity contribution in [1.29, 1.82) is 0 Å². The second-order valence-electron chi connectivity index (χ2n) is 24.3. The van der Waals surface area contributed by atoms with Gasteiger partial charge < -0.3 is 82.0 Å². The van der Waals surface area contributed by atoms with Gasteiger partial charge in [0.25, 0.3) is 0 Å². The standard InChI is InChI=1S/C15H27NO6.C15H33N.C13H25N.2C12H27NO6.C7H9N/c1-4-13(17)20-10-7-16(8-11-21-14(18)5-2)9-12-22-15(19)6-3;1-4-7-10-13-16(14-11-8-5-2)15-12-9-6-3;1-14(12-8-4-2-5-9-12)13-10-6-3-7-11-13;1-14-10-17-7-4-13(5-8-18-11-15-2)6-9-19-12-16-3;14-4-10-17-7-1-13(2-8-18-11-5-15)3-9-19-12-6-16;1-6-4-3-5-7(2)8-6/h4-12H2,1-3H3;4-15H2,1-3H3;12-13H,2-11H2,1H3;4-12H2,1-3H3;14-16H,1-12H2;3-5H,1-2H3. The molecular formula is C74H148N6O18. The van der Waals surface area contributed by atoms with Crippen molar-refractivity contribution in [3.8, 4) is 0 Å². The summed E-state index contributed by atoms with van der Waals surface area (Å²) in [4.78, 5) is 49.1. The SMILES string of the molecule is CCC(=O)OCCN(CCOC(=O)CC)CCOC(=O)CC.CCCCCN(CCCCC)CCCCC.CN(C1CCCCC1)C1CCCCC1.COCOCCN(CCOCOC)CCOCOC.Cc1cccc(C)n1.OCCOCCN(CCOCCO)CCOCCO. The molecule has 1 heterocycles. The molecule has 98 heavy (non-hydrogen) atoms. The molecule has 2 saturated carbocycles. The molecule has 2 fully saturated rings. The Balaban J connectivity index is -0.00000112. The van der Waals surface area contributed by atoms with E-state index in [4.69, 9.17) is 72.2 Å². The number of ether oxygens (including phenoxy) is 12. The van der Waals surface area contributed by atoms with Crippen LogP contribution in [0.2, 0.25) is 0 Å². The number of nitrogens with zero attached hydrogens (tertiary/aromatic N) is 6. The van der Waals surface area contributed by atoms with Crippen LogP contribution >= 0.6 is 0 Å². The topological polar surface area (TPSA) is 252 Å². The van der Waals surface area contributed by atoms with Crippen molar-refractivity contribution in [2.75, 3.05) is 226 Å². The maximum Gasteiger partial charge on any atom is 0.305 e. The molecule has 0 spiro atoms. The van der Waals surface area contributed by atoms with Gasteiger partial charge in [-0.2, -0.15) is 0 Å². The first-order valence-electron chi connectivity index (χ1n) is 37.5. The molecule has 1 aromatic heterocycles. The number of carbonyl (C=O) groups excluding carboxylic acids is 3. The number of aromatic nitrogens is 1. The molecule has 2 aliphatic rings. The molecule has 3 N–H and O–H groups in total. The summed E-state index contributed by atoms with van der Waals surface area (Å²) in [5, 5.41) is 25.8. The minimum absolute atomic E-state index is 0.0270. The zero-order chi connectivity index (χ0) is 73.0. The first-order chi connectivity index (χ1) is 47.7. The van der Waals surface area contributed by atoms with Gasteiger partial charge in [0, 0.05) is 123 Å². The van der Waals surface area contributed by atoms with Crippen LogP contribution in [0, 0.1) is 13.8 Å². The van der Waals surface area contributed by atoms with Crippen molar-refractivity contribution >= 4 is 17.9 Å². The number of unbranched alkanes of at least 4 members (excludes halogenated alkanes) is 6. The molecule has 0 aromatic carbocycles. The van der Waals surface area contributed by atoms with Crippen molar-refractivity contribution in [2.24, 2.45) is 0 Å². The summed E-state index contributed by atoms with van der Waals surface area (Å²) >= 11 is 0. The molecule has 582 valence electrons. The molecule has 0 atom stereocenters. The number of hydrogen-bond acceptors (Lipinski definition) is 24. The van der Waals surface area contributed by atoms with Gasteiger partial charge in [-0.05, 0) is 97.6 Å². The number of aryl methyl sites for hydroxylation is 2. The Morgan fingerprint density at radius 2 is 0.653 bits per heavy atom. The van der Waals surface area contributed by atoms with Crippen LogP contribution in [0.4, 0.5) is 0 Å². The fraction of sp³-hybridized carbons (Fsp3) is 0.892. The van der Waals surface area contributed by atoms with Crippen molar-refractivity contribution in [3.05, 3.63) is 29.6 Å². The number of rotatable bonds is 56. The van der Waals surface area contributed by atoms with E-state index in [9.17, 15) is 14.4 Å². The van der Waals surface area contributed by atoms with Gasteiger partial charge in [-0.15, -0.1) is 0 Å². The van der Waals surface area contributed by atoms with Crippen molar-refractivity contribution in [2.45, 2.75) is 209 Å². The van der Waals surface area contributed by atoms with Crippen LogP contribution in [0.1, 0.15) is 194 Å². The van der Waals surface area contributed by atoms with E-state index in [-0.39, 0.29) is 57.5 Å². The lowest BCUT2D eigenvalue weighted by molar-refractivity contribution is -0.144. The molecular weight excluding hydrogens is 1260 g/mol. The highest BCUT2D eigenvalue weighted by molar-refractivity contribution is 5.69. The highest BCUT2D eigenvalue weighted by Gasteiger charge is 2.25. The molecule has 0 amide bonds. The van der Waals surface area contributed by atoms with Crippen LogP contribution in [-0.4, -0.2) is 301 Å². The third-order valence-corrected chi connectivity index (χ3v) is 16.1. The number of hydrogen-bond donors (Lipinski definition) is 3. The summed E-state index contributed by atoms with van der Waals surface area (Å²) < 4.78 is 61.0. The van der Waals surface area contributed by atoms with Gasteiger partial charge in [0.2, 0.25) is 0 Å². The Bertz CT molecular complexity index is 1590. The molecule has 2 aliphatic carbocycles. The minimum Gasteiger partial charge on any atom is -0.464 e. The zero-order valence-corrected chi connectivity index (χ0v) is 64.3. The lowest BCUT2D eigenvalue weighted by Gasteiger charge is -2.39. The second-order valence-corrected chi connectivity index (χ2v) is 24.3. The molecule has 1 aromatic rings. The van der Waals surface area contributed by atoms with Crippen LogP contribution < -0.4 is 0 Å². The third-order valence-electron chi connectivity index (χ3n) is 16.1. The van der Waals surface area contributed by atoms with Crippen molar-refractivity contribution in [1.82, 2.24) is 29.5 Å². The van der Waals surface area contributed by atoms with E-state index in [1.54, 1.807) is 42.1 Å². The summed E-state index contributed by atoms with van der Waals surface area (Å²) in [6, 6.07) is 7.84. The van der Waals surface area contributed by atoms with Crippen LogP contribution in [0.25, 0.3) is 0 Å². The first kappa shape index (κ1) is 99.1. The second kappa shape index (κ2) is 79.6. The molecule has 0 aliphatic heterocycles. The summed E-state index contributed by atoms with van der Waals surface area (Å²) in [7, 11) is 7.20. The third kappa shape index (κ3) is 69.9. The summed E-state index contributed by atoms with van der Waals surface area (Å²) in [6.07, 6.45) is 28.2. The maximum absolute atomic E-state index is 11.1. The monoisotopic (exact) mass is 1410 g/mol. The van der Waals surface area contributed by atoms with Gasteiger partial charge in [0.1, 0.15) is 40.2 Å². The van der Waals surface area contributed by atoms with Crippen molar-refractivity contribution in [3.63, 3.8) is 0 Å². The van der Waals surface area contributed by atoms with Gasteiger partial charge in [0.15, 0.2) is 0 Å². The average Bonchev–Trinajstić information content (AvgIpc) is 1.72. The van der Waals surface area contributed by atoms with E-state index >= 15 is 0 Å². The van der Waals surface area contributed by atoms with E-state index < -0.39 is 0 Å². The highest BCUT2D eigenvalue weighted by atomic mass is 16.7. The lowest BCUT2D eigenvalue weighted by atomic mass is 9.89. The summed E-state index contributed by atoms with van der Waals surface area (Å²) in [5.74, 6) is -0.765. The molecule has 3 rings (SSSR count). The normalized spacial score (nSPS) is 13.2. The molecule has 0 saturated heterocycles. The predicted octanol–water partition coefficient (Wildman–Crippen LogP) is 9.75. The highest BCUT2D eigenvalue weighted by Crippen LogP contribution is 2.28. The van der Waals surface area contributed by atoms with Gasteiger partial charge in [0.05, 0.1) is 79.3 Å². The van der Waals surface area contributed by atoms with E-state index in [1.807, 2.05) is 36.9 Å². The van der Waals surface area contributed by atoms with Gasteiger partial charge in [-0.25, -0.2) is 0 Å². The van der Waals surface area contributed by atoms with Gasteiger partial charge >= 0.3 is 17.9 Å². The predicted molar refractivity (Wildman–Crippen MR) is 391 cm³/mol. The Morgan fingerprint density at radius 1 is 0.388 bits per heavy atom.